The molecule has 20 heavy (non-hydrogen) atoms. The largest absolute Gasteiger partial charge is 0.352 e. The van der Waals surface area contributed by atoms with Crippen LogP contribution in [0.3, 0.4) is 0 Å². The fourth-order valence-corrected chi connectivity index (χ4v) is 2.38. The molecule has 1 atom stereocenters. The zero-order valence-corrected chi connectivity index (χ0v) is 14.9. The number of hydrogen-bond acceptors (Lipinski definition) is 3. The number of amides is 1. The van der Waals surface area contributed by atoms with Gasteiger partial charge in [0.1, 0.15) is 0 Å². The molecule has 7 heteroatoms. The molecular weight excluding hydrogens is 369 g/mol. The summed E-state index contributed by atoms with van der Waals surface area (Å²) in [5.41, 5.74) is 0. The second-order valence-electron chi connectivity index (χ2n) is 5.57. The van der Waals surface area contributed by atoms with Crippen molar-refractivity contribution < 1.29 is 4.79 Å². The third kappa shape index (κ3) is 5.08. The van der Waals surface area contributed by atoms with Gasteiger partial charge in [0.05, 0.1) is 6.54 Å². The molecule has 1 amide bonds. The van der Waals surface area contributed by atoms with Crippen LogP contribution in [0.1, 0.15) is 19.3 Å². The molecule has 0 bridgehead atoms. The minimum absolute atomic E-state index is 0. The lowest BCUT2D eigenvalue weighted by Gasteiger charge is -2.19. The number of likely N-dealkylation sites (N-methyl/N-ethyl adjacent to an activating group) is 1. The van der Waals surface area contributed by atoms with Gasteiger partial charge in [0, 0.05) is 46.3 Å². The zero-order chi connectivity index (χ0) is 13.8. The molecule has 0 aromatic heterocycles. The Morgan fingerprint density at radius 2 is 2.05 bits per heavy atom. The molecule has 1 unspecified atom stereocenters. The van der Waals surface area contributed by atoms with E-state index in [9.17, 15) is 4.79 Å². The Balaban J connectivity index is 0.00000200. The quantitative estimate of drug-likeness (QED) is 0.403. The van der Waals surface area contributed by atoms with Crippen molar-refractivity contribution >= 4 is 35.8 Å². The Morgan fingerprint density at radius 3 is 2.60 bits per heavy atom. The summed E-state index contributed by atoms with van der Waals surface area (Å²) < 4.78 is 0. The van der Waals surface area contributed by atoms with Gasteiger partial charge in [-0.15, -0.1) is 24.0 Å². The fraction of sp³-hybridized carbons (Fsp3) is 0.846. The van der Waals surface area contributed by atoms with E-state index in [-0.39, 0.29) is 36.4 Å². The summed E-state index contributed by atoms with van der Waals surface area (Å²) in [7, 11) is 5.25. The number of rotatable bonds is 4. The number of likely N-dealkylation sites (tertiary alicyclic amines) is 1. The van der Waals surface area contributed by atoms with Crippen LogP contribution in [0.5, 0.6) is 0 Å². The highest BCUT2D eigenvalue weighted by atomic mass is 127. The van der Waals surface area contributed by atoms with Crippen LogP contribution < -0.4 is 10.6 Å². The van der Waals surface area contributed by atoms with Crippen LogP contribution in [0.25, 0.3) is 0 Å². The molecule has 116 valence electrons. The Labute approximate surface area is 138 Å². The molecule has 0 aromatic carbocycles. The number of nitrogens with zero attached hydrogens (tertiary/aromatic N) is 3. The lowest BCUT2D eigenvalue weighted by molar-refractivity contribution is -0.127. The van der Waals surface area contributed by atoms with Crippen molar-refractivity contribution in [3.05, 3.63) is 0 Å². The van der Waals surface area contributed by atoms with E-state index in [1.165, 1.54) is 19.4 Å². The maximum Gasteiger partial charge on any atom is 0.241 e. The van der Waals surface area contributed by atoms with E-state index in [1.54, 1.807) is 26.0 Å². The van der Waals surface area contributed by atoms with Crippen molar-refractivity contribution in [2.45, 2.75) is 31.3 Å². The first-order chi connectivity index (χ1) is 9.10. The molecule has 0 spiro atoms. The van der Waals surface area contributed by atoms with E-state index < -0.39 is 0 Å². The van der Waals surface area contributed by atoms with Crippen molar-refractivity contribution in [1.82, 2.24) is 20.4 Å². The van der Waals surface area contributed by atoms with Crippen LogP contribution in [0.2, 0.25) is 0 Å². The van der Waals surface area contributed by atoms with E-state index in [0.717, 1.165) is 25.0 Å². The number of nitrogens with one attached hydrogen (secondary N) is 2. The first-order valence-corrected chi connectivity index (χ1v) is 7.01. The molecule has 0 radical (unpaired) electrons. The fourth-order valence-electron chi connectivity index (χ4n) is 2.38. The molecule has 2 aliphatic rings. The van der Waals surface area contributed by atoms with Crippen molar-refractivity contribution in [3.63, 3.8) is 0 Å². The second-order valence-corrected chi connectivity index (χ2v) is 5.57. The van der Waals surface area contributed by atoms with Crippen molar-refractivity contribution in [2.24, 2.45) is 4.99 Å². The van der Waals surface area contributed by atoms with E-state index in [4.69, 9.17) is 0 Å². The van der Waals surface area contributed by atoms with Gasteiger partial charge in [-0.1, -0.05) is 0 Å². The highest BCUT2D eigenvalue weighted by Gasteiger charge is 2.34. The molecule has 1 aliphatic heterocycles. The van der Waals surface area contributed by atoms with Crippen molar-refractivity contribution in [2.75, 3.05) is 40.8 Å². The molecule has 1 heterocycles. The van der Waals surface area contributed by atoms with Crippen LogP contribution >= 0.6 is 24.0 Å². The summed E-state index contributed by atoms with van der Waals surface area (Å²) in [6.07, 6.45) is 3.87. The average Bonchev–Trinajstić information content (AvgIpc) is 3.14. The van der Waals surface area contributed by atoms with Gasteiger partial charge in [0.2, 0.25) is 5.91 Å². The highest BCUT2D eigenvalue weighted by molar-refractivity contribution is 14.0. The van der Waals surface area contributed by atoms with Crippen molar-refractivity contribution in [1.29, 1.82) is 0 Å². The minimum Gasteiger partial charge on any atom is -0.352 e. The van der Waals surface area contributed by atoms with E-state index in [0.29, 0.717) is 6.04 Å². The number of hydrogen-bond donors (Lipinski definition) is 2. The summed E-state index contributed by atoms with van der Waals surface area (Å²) in [5, 5.41) is 6.47. The van der Waals surface area contributed by atoms with E-state index in [2.05, 4.69) is 20.5 Å². The topological polar surface area (TPSA) is 60.0 Å². The monoisotopic (exact) mass is 395 g/mol. The normalized spacial score (nSPS) is 23.1. The zero-order valence-electron chi connectivity index (χ0n) is 12.6. The lowest BCUT2D eigenvalue weighted by Crippen LogP contribution is -2.47. The number of aliphatic imine (C=N–C) groups is 1. The van der Waals surface area contributed by atoms with Crippen LogP contribution in [0.4, 0.5) is 0 Å². The molecule has 2 N–H and O–H groups in total. The van der Waals surface area contributed by atoms with Gasteiger partial charge in [0.15, 0.2) is 5.96 Å². The molecule has 1 saturated heterocycles. The molecule has 1 saturated carbocycles. The van der Waals surface area contributed by atoms with Gasteiger partial charge in [-0.25, -0.2) is 0 Å². The van der Waals surface area contributed by atoms with Gasteiger partial charge < -0.3 is 15.5 Å². The molecule has 2 fully saturated rings. The summed E-state index contributed by atoms with van der Waals surface area (Å²) >= 11 is 0. The molecule has 6 nitrogen and oxygen atoms in total. The van der Waals surface area contributed by atoms with Gasteiger partial charge in [-0.05, 0) is 19.3 Å². The number of carbonyl (C=O) groups excluding carboxylic acids is 1. The highest BCUT2D eigenvalue weighted by Crippen LogP contribution is 2.29. The van der Waals surface area contributed by atoms with Crippen molar-refractivity contribution in [3.8, 4) is 0 Å². The maximum absolute atomic E-state index is 11.5. The number of carbonyl (C=O) groups is 1. The predicted octanol–water partition coefficient (Wildman–Crippen LogP) is 0.0943. The smallest absolute Gasteiger partial charge is 0.241 e. The van der Waals surface area contributed by atoms with E-state index >= 15 is 0 Å². The number of halogens is 1. The van der Waals surface area contributed by atoms with Crippen LogP contribution in [-0.4, -0.2) is 74.5 Å². The summed E-state index contributed by atoms with van der Waals surface area (Å²) in [6, 6.07) is 1.28. The summed E-state index contributed by atoms with van der Waals surface area (Å²) in [6.45, 7) is 2.55. The Kier molecular flexibility index (Phi) is 7.01. The van der Waals surface area contributed by atoms with Crippen LogP contribution in [0.15, 0.2) is 4.99 Å². The van der Waals surface area contributed by atoms with Gasteiger partial charge >= 0.3 is 0 Å². The maximum atomic E-state index is 11.5. The Hall–Kier alpha value is -0.570. The number of guanidine groups is 1. The van der Waals surface area contributed by atoms with E-state index in [1.807, 2.05) is 0 Å². The summed E-state index contributed by atoms with van der Waals surface area (Å²) in [4.78, 5) is 19.8. The van der Waals surface area contributed by atoms with Crippen LogP contribution in [0, 0.1) is 0 Å². The predicted molar refractivity (Wildman–Crippen MR) is 91.6 cm³/mol. The van der Waals surface area contributed by atoms with Crippen LogP contribution in [-0.2, 0) is 4.79 Å². The lowest BCUT2D eigenvalue weighted by atomic mass is 10.3. The third-order valence-electron chi connectivity index (χ3n) is 3.75. The third-order valence-corrected chi connectivity index (χ3v) is 3.75. The molecule has 2 rings (SSSR count). The summed E-state index contributed by atoms with van der Waals surface area (Å²) in [5.74, 6) is 0.770. The first kappa shape index (κ1) is 17.5. The molecule has 0 aromatic rings. The average molecular weight is 395 g/mol. The van der Waals surface area contributed by atoms with Gasteiger partial charge in [-0.3, -0.25) is 14.7 Å². The van der Waals surface area contributed by atoms with Gasteiger partial charge in [0.25, 0.3) is 0 Å². The Bertz CT molecular complexity index is 357. The van der Waals surface area contributed by atoms with Gasteiger partial charge in [-0.2, -0.15) is 0 Å². The minimum atomic E-state index is 0. The molecular formula is C13H26IN5O. The first-order valence-electron chi connectivity index (χ1n) is 7.01. The second kappa shape index (κ2) is 8.02. The molecule has 1 aliphatic carbocycles. The Morgan fingerprint density at radius 1 is 1.35 bits per heavy atom. The SMILES string of the molecule is CN=C(NCC(=O)N(C)C)NC1CCN(C2CC2)C1.I. The standard InChI is InChI=1S/C13H25N5O.HI/c1-14-13(15-8-12(19)17(2)3)16-10-6-7-18(9-10)11-4-5-11;/h10-11H,4-9H2,1-3H3,(H2,14,15,16);1H.